The lowest BCUT2D eigenvalue weighted by Gasteiger charge is -2.22. The predicted octanol–water partition coefficient (Wildman–Crippen LogP) is 0.526. The Morgan fingerprint density at radius 2 is 1.48 bits per heavy atom. The van der Waals surface area contributed by atoms with E-state index in [-0.39, 0.29) is 16.5 Å². The van der Waals surface area contributed by atoms with Crippen molar-refractivity contribution in [2.45, 2.75) is 16.7 Å². The van der Waals surface area contributed by atoms with Gasteiger partial charge >= 0.3 is 0 Å². The third-order valence-corrected chi connectivity index (χ3v) is 4.99. The number of fused-ring (bicyclic) bond motifs is 1. The fraction of sp³-hybridized carbons (Fsp3) is 0.154. The number of anilines is 1. The van der Waals surface area contributed by atoms with Crippen molar-refractivity contribution in [3.8, 4) is 5.75 Å². The number of phenols is 1. The molecule has 0 aliphatic rings. The van der Waals surface area contributed by atoms with Crippen molar-refractivity contribution in [1.82, 2.24) is 5.43 Å². The number of phenolic OH excluding ortho intramolecular Hbond substituents is 1. The molecule has 0 aromatic heterocycles. The van der Waals surface area contributed by atoms with Crippen molar-refractivity contribution in [2.75, 3.05) is 12.1 Å². The summed E-state index contributed by atoms with van der Waals surface area (Å²) in [5.74, 6) is -1.20. The maximum Gasteiger partial charge on any atom is 0.294 e. The lowest BCUT2D eigenvalue weighted by atomic mass is 10.1. The Bertz CT molecular complexity index is 1070. The summed E-state index contributed by atoms with van der Waals surface area (Å²) in [7, 11) is -8.03. The van der Waals surface area contributed by atoms with Crippen LogP contribution in [0.15, 0.2) is 34.1 Å². The summed E-state index contributed by atoms with van der Waals surface area (Å²) < 4.78 is 64.0. The van der Waals surface area contributed by atoms with Crippen LogP contribution in [0, 0.1) is 0 Å². The van der Waals surface area contributed by atoms with E-state index in [1.807, 2.05) is 0 Å². The van der Waals surface area contributed by atoms with Gasteiger partial charge in [0.15, 0.2) is 0 Å². The molecule has 10 nitrogen and oxygen atoms in total. The van der Waals surface area contributed by atoms with Gasteiger partial charge in [0.1, 0.15) is 5.75 Å². The van der Waals surface area contributed by atoms with Crippen LogP contribution < -0.4 is 10.4 Å². The first-order valence-corrected chi connectivity index (χ1v) is 9.48. The van der Waals surface area contributed by atoms with Crippen LogP contribution in [0.5, 0.6) is 5.75 Å². The van der Waals surface area contributed by atoms with Gasteiger partial charge in [-0.1, -0.05) is 0 Å². The van der Waals surface area contributed by atoms with Crippen LogP contribution in [0.4, 0.5) is 5.69 Å². The molecule has 4 N–H and O–H groups in total. The number of carbonyl (C=O) groups excluding carboxylic acids is 1. The van der Waals surface area contributed by atoms with E-state index in [9.17, 15) is 31.3 Å². The van der Waals surface area contributed by atoms with Crippen LogP contribution in [-0.4, -0.2) is 44.0 Å². The van der Waals surface area contributed by atoms with Crippen molar-refractivity contribution < 1.29 is 35.8 Å². The molecule has 2 rings (SSSR count). The quantitative estimate of drug-likeness (QED) is 0.431. The van der Waals surface area contributed by atoms with Crippen LogP contribution in [0.3, 0.4) is 0 Å². The van der Waals surface area contributed by atoms with Gasteiger partial charge in [0.2, 0.25) is 5.91 Å². The Labute approximate surface area is 143 Å². The topological polar surface area (TPSA) is 161 Å². The second kappa shape index (κ2) is 6.24. The fourth-order valence-electron chi connectivity index (χ4n) is 2.34. The number of benzene rings is 2. The molecule has 0 unspecified atom stereocenters. The zero-order chi connectivity index (χ0) is 19.2. The molecule has 0 spiro atoms. The standard InChI is InChI=1S/C13H14N2O8S2/c1-7(16)15(14-2)11-5-9(24(18,19)20)3-8-4-10(25(21,22)23)6-12(17)13(8)11/h3-6,14,17H,1-2H3,(H,18,19,20)(H,21,22,23). The van der Waals surface area contributed by atoms with Gasteiger partial charge < -0.3 is 5.11 Å². The third kappa shape index (κ3) is 3.72. The molecule has 0 heterocycles. The Balaban J connectivity index is 3.03. The first-order valence-electron chi connectivity index (χ1n) is 6.60. The normalized spacial score (nSPS) is 12.3. The highest BCUT2D eigenvalue weighted by Gasteiger charge is 2.23. The zero-order valence-corrected chi connectivity index (χ0v) is 14.6. The van der Waals surface area contributed by atoms with Gasteiger partial charge in [-0.2, -0.15) is 16.8 Å². The van der Waals surface area contributed by atoms with Crippen LogP contribution in [0.2, 0.25) is 0 Å². The fourth-order valence-corrected chi connectivity index (χ4v) is 3.41. The SMILES string of the molecule is CNN(C(C)=O)c1cc(S(=O)(=O)O)cc2cc(S(=O)(=O)O)cc(O)c12. The Hall–Kier alpha value is -2.25. The first-order chi connectivity index (χ1) is 11.4. The van der Waals surface area contributed by atoms with Gasteiger partial charge in [-0.05, 0) is 23.6 Å². The minimum absolute atomic E-state index is 0.0654. The largest absolute Gasteiger partial charge is 0.507 e. The molecule has 2 aromatic carbocycles. The van der Waals surface area contributed by atoms with E-state index in [1.165, 1.54) is 7.05 Å². The van der Waals surface area contributed by atoms with E-state index in [1.54, 1.807) is 0 Å². The molecular formula is C13H14N2O8S2. The molecule has 0 atom stereocenters. The monoisotopic (exact) mass is 390 g/mol. The Kier molecular flexibility index (Phi) is 4.76. The van der Waals surface area contributed by atoms with Crippen molar-refractivity contribution in [3.63, 3.8) is 0 Å². The van der Waals surface area contributed by atoms with Gasteiger partial charge in [-0.3, -0.25) is 13.9 Å². The van der Waals surface area contributed by atoms with Gasteiger partial charge in [-0.15, -0.1) is 0 Å². The number of aromatic hydroxyl groups is 1. The summed E-state index contributed by atoms with van der Waals surface area (Å²) in [5.41, 5.74) is 2.35. The maximum absolute atomic E-state index is 11.8. The molecule has 0 radical (unpaired) electrons. The third-order valence-electron chi connectivity index (χ3n) is 3.33. The van der Waals surface area contributed by atoms with E-state index < -0.39 is 41.7 Å². The average molecular weight is 390 g/mol. The maximum atomic E-state index is 11.8. The number of rotatable bonds is 4. The Morgan fingerprint density at radius 3 is 1.88 bits per heavy atom. The second-order valence-electron chi connectivity index (χ2n) is 5.01. The molecule has 1 amide bonds. The summed E-state index contributed by atoms with van der Waals surface area (Å²) in [6.45, 7) is 1.16. The van der Waals surface area contributed by atoms with Gasteiger partial charge in [0, 0.05) is 25.4 Å². The Morgan fingerprint density at radius 1 is 1.00 bits per heavy atom. The molecule has 2 aromatic rings. The summed E-state index contributed by atoms with van der Waals surface area (Å²) >= 11 is 0. The number of hydrogen-bond donors (Lipinski definition) is 4. The molecule has 0 fully saturated rings. The number of hydrazine groups is 1. The van der Waals surface area contributed by atoms with Crippen molar-refractivity contribution >= 4 is 42.6 Å². The number of carbonyl (C=O) groups is 1. The predicted molar refractivity (Wildman–Crippen MR) is 87.5 cm³/mol. The van der Waals surface area contributed by atoms with E-state index >= 15 is 0 Å². The van der Waals surface area contributed by atoms with E-state index in [0.29, 0.717) is 0 Å². The summed E-state index contributed by atoms with van der Waals surface area (Å²) in [4.78, 5) is 10.4. The minimum atomic E-state index is -4.70. The zero-order valence-electron chi connectivity index (χ0n) is 13.0. The smallest absolute Gasteiger partial charge is 0.294 e. The van der Waals surface area contributed by atoms with Crippen LogP contribution >= 0.6 is 0 Å². The molecule has 0 aliphatic carbocycles. The molecule has 25 heavy (non-hydrogen) atoms. The van der Waals surface area contributed by atoms with Crippen molar-refractivity contribution in [2.24, 2.45) is 0 Å². The van der Waals surface area contributed by atoms with Crippen molar-refractivity contribution in [3.05, 3.63) is 24.3 Å². The van der Waals surface area contributed by atoms with Crippen LogP contribution in [0.25, 0.3) is 10.8 Å². The molecule has 0 bridgehead atoms. The highest BCUT2D eigenvalue weighted by Crippen LogP contribution is 2.38. The lowest BCUT2D eigenvalue weighted by molar-refractivity contribution is -0.117. The summed E-state index contributed by atoms with van der Waals surface area (Å²) in [5, 5.41) is 10.9. The van der Waals surface area contributed by atoms with Gasteiger partial charge in [0.25, 0.3) is 20.2 Å². The van der Waals surface area contributed by atoms with Gasteiger partial charge in [0.05, 0.1) is 15.5 Å². The van der Waals surface area contributed by atoms with Crippen molar-refractivity contribution in [1.29, 1.82) is 0 Å². The lowest BCUT2D eigenvalue weighted by Crippen LogP contribution is -2.39. The van der Waals surface area contributed by atoms with Gasteiger partial charge in [-0.25, -0.2) is 10.4 Å². The first kappa shape index (κ1) is 19.1. The molecule has 0 aliphatic heterocycles. The van der Waals surface area contributed by atoms with E-state index in [4.69, 9.17) is 4.55 Å². The number of nitrogens with one attached hydrogen (secondary N) is 1. The minimum Gasteiger partial charge on any atom is -0.507 e. The second-order valence-corrected chi connectivity index (χ2v) is 7.85. The molecule has 12 heteroatoms. The molecule has 0 saturated heterocycles. The van der Waals surface area contributed by atoms with Crippen LogP contribution in [-0.2, 0) is 25.0 Å². The number of amides is 1. The number of nitrogens with zero attached hydrogens (tertiary/aromatic N) is 1. The molecular weight excluding hydrogens is 376 g/mol. The average Bonchev–Trinajstić information content (AvgIpc) is 2.44. The number of hydrogen-bond acceptors (Lipinski definition) is 7. The van der Waals surface area contributed by atoms with Crippen LogP contribution in [0.1, 0.15) is 6.92 Å². The highest BCUT2D eigenvalue weighted by molar-refractivity contribution is 7.86. The summed E-state index contributed by atoms with van der Waals surface area (Å²) in [6.07, 6.45) is 0. The molecule has 136 valence electrons. The summed E-state index contributed by atoms with van der Waals surface area (Å²) in [6, 6.07) is 3.48. The highest BCUT2D eigenvalue weighted by atomic mass is 32.2. The molecule has 0 saturated carbocycles. The van der Waals surface area contributed by atoms with E-state index in [2.05, 4.69) is 5.43 Å². The van der Waals surface area contributed by atoms with E-state index in [0.717, 1.165) is 36.2 Å².